The molecule has 0 bridgehead atoms. The molecule has 0 aliphatic carbocycles. The Morgan fingerprint density at radius 2 is 1.09 bits per heavy atom. The summed E-state index contributed by atoms with van der Waals surface area (Å²) < 4.78 is 0. The number of carboxylic acids is 2. The fraction of sp³-hybridized carbons (Fsp3) is 0.714. The van der Waals surface area contributed by atoms with Gasteiger partial charge in [0.1, 0.15) is 11.1 Å². The highest BCUT2D eigenvalue weighted by Gasteiger charge is 2.35. The Kier molecular flexibility index (Phi) is 8.88. The molecule has 0 radical (unpaired) electrons. The average Bonchev–Trinajstić information content (AvgIpc) is 2.45. The normalized spacial score (nSPS) is 17.1. The molecule has 0 fully saturated rings. The fourth-order valence-corrected chi connectivity index (χ4v) is 1.94. The van der Waals surface area contributed by atoms with Crippen LogP contribution in [0.5, 0.6) is 0 Å². The van der Waals surface area contributed by atoms with Gasteiger partial charge in [0.25, 0.3) is 0 Å². The molecule has 22 heavy (non-hydrogen) atoms. The zero-order chi connectivity index (χ0) is 17.2. The second-order valence-corrected chi connectivity index (χ2v) is 5.52. The molecule has 0 aliphatic heterocycles. The zero-order valence-corrected chi connectivity index (χ0v) is 12.8. The minimum Gasteiger partial charge on any atom is -0.480 e. The summed E-state index contributed by atoms with van der Waals surface area (Å²) in [6, 6.07) is 0. The minimum atomic E-state index is -1.65. The summed E-state index contributed by atoms with van der Waals surface area (Å²) in [4.78, 5) is 22.7. The topological polar surface area (TPSA) is 179 Å². The van der Waals surface area contributed by atoms with E-state index in [9.17, 15) is 19.8 Å². The summed E-state index contributed by atoms with van der Waals surface area (Å²) >= 11 is 0. The second-order valence-electron chi connectivity index (χ2n) is 5.52. The van der Waals surface area contributed by atoms with Gasteiger partial charge in [-0.25, -0.2) is 9.59 Å². The molecule has 0 heterocycles. The van der Waals surface area contributed by atoms with E-state index in [1.165, 1.54) is 12.2 Å². The molecule has 0 aromatic carbocycles. The molecule has 128 valence electrons. The zero-order valence-electron chi connectivity index (χ0n) is 12.8. The Balaban J connectivity index is 5.06. The predicted molar refractivity (Wildman–Crippen MR) is 84.1 cm³/mol. The molecule has 0 amide bonds. The van der Waals surface area contributed by atoms with E-state index in [1.807, 2.05) is 0 Å². The van der Waals surface area contributed by atoms with Gasteiger partial charge in [-0.1, -0.05) is 12.2 Å². The smallest absolute Gasteiger partial charge is 0.327 e. The van der Waals surface area contributed by atoms with E-state index in [0.717, 1.165) is 0 Å². The fourth-order valence-electron chi connectivity index (χ4n) is 1.94. The molecule has 0 aliphatic rings. The monoisotopic (exact) mass is 316 g/mol. The summed E-state index contributed by atoms with van der Waals surface area (Å²) in [7, 11) is 0. The van der Waals surface area contributed by atoms with E-state index in [-0.39, 0.29) is 12.8 Å². The molecule has 0 saturated heterocycles. The van der Waals surface area contributed by atoms with Gasteiger partial charge in [-0.05, 0) is 51.6 Å². The van der Waals surface area contributed by atoms with Gasteiger partial charge < -0.3 is 33.1 Å². The Labute approximate surface area is 130 Å². The maximum Gasteiger partial charge on any atom is 0.327 e. The number of hydrogen-bond donors (Lipinski definition) is 6. The first-order valence-electron chi connectivity index (χ1n) is 7.37. The molecule has 10 N–H and O–H groups in total. The van der Waals surface area contributed by atoms with Crippen LogP contribution in [0.3, 0.4) is 0 Å². The van der Waals surface area contributed by atoms with Crippen LogP contribution in [0, 0.1) is 0 Å². The van der Waals surface area contributed by atoms with Crippen LogP contribution in [0.25, 0.3) is 0 Å². The first kappa shape index (κ1) is 20.5. The lowest BCUT2D eigenvalue weighted by Gasteiger charge is -2.25. The molecule has 2 atom stereocenters. The van der Waals surface area contributed by atoms with Crippen LogP contribution in [-0.4, -0.2) is 46.3 Å². The van der Waals surface area contributed by atoms with Crippen LogP contribution >= 0.6 is 0 Å². The van der Waals surface area contributed by atoms with Crippen molar-refractivity contribution in [3.05, 3.63) is 12.2 Å². The van der Waals surface area contributed by atoms with Gasteiger partial charge in [-0.3, -0.25) is 0 Å². The quantitative estimate of drug-likeness (QED) is 0.203. The van der Waals surface area contributed by atoms with Gasteiger partial charge in [0.05, 0.1) is 0 Å². The van der Waals surface area contributed by atoms with Crippen molar-refractivity contribution < 1.29 is 19.8 Å². The number of nitrogens with two attached hydrogens (primary N) is 4. The van der Waals surface area contributed by atoms with Crippen LogP contribution in [-0.2, 0) is 9.59 Å². The standard InChI is InChI=1S/C14H28N4O4/c15-9-3-1-5-13(17,11(19)20)7-8-14(18,12(21)22)6-2-4-10-16/h7-8H,1-6,9-10,15-18H2,(H,19,20)(H,21,22)/b8-7+. The van der Waals surface area contributed by atoms with Crippen molar-refractivity contribution in [2.45, 2.75) is 49.6 Å². The maximum absolute atomic E-state index is 11.4. The van der Waals surface area contributed by atoms with Crippen LogP contribution in [0.4, 0.5) is 0 Å². The summed E-state index contributed by atoms with van der Waals surface area (Å²) in [5.41, 5.74) is 19.1. The molecule has 0 saturated carbocycles. The predicted octanol–water partition coefficient (Wildman–Crippen LogP) is -0.635. The lowest BCUT2D eigenvalue weighted by Crippen LogP contribution is -2.50. The lowest BCUT2D eigenvalue weighted by atomic mass is 9.87. The highest BCUT2D eigenvalue weighted by atomic mass is 16.4. The Bertz CT molecular complexity index is 366. The van der Waals surface area contributed by atoms with Crippen LogP contribution in [0.15, 0.2) is 12.2 Å². The van der Waals surface area contributed by atoms with Crippen molar-refractivity contribution in [1.82, 2.24) is 0 Å². The van der Waals surface area contributed by atoms with Gasteiger partial charge >= 0.3 is 11.9 Å². The molecule has 0 rings (SSSR count). The van der Waals surface area contributed by atoms with Gasteiger partial charge in [0.2, 0.25) is 0 Å². The second kappa shape index (κ2) is 9.52. The molecule has 0 aromatic rings. The average molecular weight is 316 g/mol. The van der Waals surface area contributed by atoms with Crippen molar-refractivity contribution in [2.75, 3.05) is 13.1 Å². The van der Waals surface area contributed by atoms with Crippen molar-refractivity contribution >= 4 is 11.9 Å². The van der Waals surface area contributed by atoms with Crippen molar-refractivity contribution in [2.24, 2.45) is 22.9 Å². The van der Waals surface area contributed by atoms with E-state index < -0.39 is 23.0 Å². The maximum atomic E-state index is 11.4. The van der Waals surface area contributed by atoms with Crippen molar-refractivity contribution in [1.29, 1.82) is 0 Å². The summed E-state index contributed by atoms with van der Waals surface area (Å²) in [6.07, 6.45) is 5.03. The van der Waals surface area contributed by atoms with E-state index in [4.69, 9.17) is 22.9 Å². The van der Waals surface area contributed by atoms with Crippen LogP contribution < -0.4 is 22.9 Å². The van der Waals surface area contributed by atoms with E-state index in [0.29, 0.717) is 38.8 Å². The van der Waals surface area contributed by atoms with Crippen molar-refractivity contribution in [3.63, 3.8) is 0 Å². The number of unbranched alkanes of at least 4 members (excludes halogenated alkanes) is 2. The number of rotatable bonds is 12. The first-order chi connectivity index (χ1) is 10.2. The molecule has 2 unspecified atom stereocenters. The molecular weight excluding hydrogens is 288 g/mol. The Morgan fingerprint density at radius 1 is 0.773 bits per heavy atom. The Morgan fingerprint density at radius 3 is 1.32 bits per heavy atom. The third kappa shape index (κ3) is 6.52. The van der Waals surface area contributed by atoms with Crippen LogP contribution in [0.1, 0.15) is 38.5 Å². The number of carboxylic acid groups (broad SMARTS) is 2. The molecule has 0 spiro atoms. The molecule has 8 nitrogen and oxygen atoms in total. The third-order valence-corrected chi connectivity index (χ3v) is 3.56. The molecule has 0 aromatic heterocycles. The number of carbonyl (C=O) groups is 2. The van der Waals surface area contributed by atoms with Crippen LogP contribution in [0.2, 0.25) is 0 Å². The van der Waals surface area contributed by atoms with Crippen molar-refractivity contribution in [3.8, 4) is 0 Å². The van der Waals surface area contributed by atoms with Gasteiger partial charge in [0, 0.05) is 0 Å². The largest absolute Gasteiger partial charge is 0.480 e. The SMILES string of the molecule is NCCCCC(N)(/C=C/C(N)(CCCCN)C(=O)O)C(=O)O. The highest BCUT2D eigenvalue weighted by Crippen LogP contribution is 2.19. The van der Waals surface area contributed by atoms with E-state index in [1.54, 1.807) is 0 Å². The summed E-state index contributed by atoms with van der Waals surface area (Å²) in [6.45, 7) is 0.878. The minimum absolute atomic E-state index is 0.161. The summed E-state index contributed by atoms with van der Waals surface area (Å²) in [5, 5.41) is 18.5. The summed E-state index contributed by atoms with van der Waals surface area (Å²) in [5.74, 6) is -2.45. The van der Waals surface area contributed by atoms with E-state index >= 15 is 0 Å². The van der Waals surface area contributed by atoms with Gasteiger partial charge in [-0.2, -0.15) is 0 Å². The highest BCUT2D eigenvalue weighted by molar-refractivity contribution is 5.84. The number of aliphatic carboxylic acids is 2. The first-order valence-corrected chi connectivity index (χ1v) is 7.37. The number of hydrogen-bond acceptors (Lipinski definition) is 6. The molecule has 8 heteroatoms. The molecular formula is C14H28N4O4. The van der Waals surface area contributed by atoms with Gasteiger partial charge in [0.15, 0.2) is 0 Å². The third-order valence-electron chi connectivity index (χ3n) is 3.56. The Hall–Kier alpha value is -1.48. The lowest BCUT2D eigenvalue weighted by molar-refractivity contribution is -0.143. The van der Waals surface area contributed by atoms with Gasteiger partial charge in [-0.15, -0.1) is 0 Å². The van der Waals surface area contributed by atoms with E-state index in [2.05, 4.69) is 0 Å².